The number of nitrogens with zero attached hydrogens (tertiary/aromatic N) is 1. The van der Waals surface area contributed by atoms with Gasteiger partial charge in [0.05, 0.1) is 6.61 Å². The largest absolute Gasteiger partial charge is 0.490 e. The normalized spacial score (nSPS) is 13.6. The summed E-state index contributed by atoms with van der Waals surface area (Å²) in [6, 6.07) is 11.1. The molecule has 0 radical (unpaired) electrons. The van der Waals surface area contributed by atoms with Gasteiger partial charge in [0.15, 0.2) is 18.1 Å². The Morgan fingerprint density at radius 2 is 1.80 bits per heavy atom. The second-order valence-corrected chi connectivity index (χ2v) is 7.10. The van der Waals surface area contributed by atoms with Crippen molar-refractivity contribution in [3.63, 3.8) is 0 Å². The Balaban J connectivity index is 1.62. The van der Waals surface area contributed by atoms with Gasteiger partial charge in [-0.05, 0) is 50.5 Å². The summed E-state index contributed by atoms with van der Waals surface area (Å²) >= 11 is 0. The number of amides is 2. The third kappa shape index (κ3) is 5.72. The Hall–Kier alpha value is -3.09. The number of rotatable bonds is 8. The highest BCUT2D eigenvalue weighted by molar-refractivity contribution is 5.94. The van der Waals surface area contributed by atoms with Crippen LogP contribution in [0.5, 0.6) is 11.5 Å². The van der Waals surface area contributed by atoms with Crippen LogP contribution in [-0.2, 0) is 11.3 Å². The minimum Gasteiger partial charge on any atom is -0.490 e. The van der Waals surface area contributed by atoms with E-state index in [1.165, 1.54) is 6.07 Å². The molecule has 2 aromatic rings. The molecule has 0 aromatic heterocycles. The van der Waals surface area contributed by atoms with E-state index >= 15 is 0 Å². The van der Waals surface area contributed by atoms with Gasteiger partial charge >= 0.3 is 0 Å². The molecule has 6 nitrogen and oxygen atoms in total. The second-order valence-electron chi connectivity index (χ2n) is 7.10. The van der Waals surface area contributed by atoms with Crippen LogP contribution in [-0.4, -0.2) is 43.0 Å². The Morgan fingerprint density at radius 3 is 2.53 bits per heavy atom. The number of carbonyl (C=O) groups excluding carboxylic acids is 2. The molecule has 1 aliphatic heterocycles. The van der Waals surface area contributed by atoms with Gasteiger partial charge in [0.25, 0.3) is 11.8 Å². The summed E-state index contributed by atoms with van der Waals surface area (Å²) in [4.78, 5) is 26.6. The van der Waals surface area contributed by atoms with Crippen molar-refractivity contribution in [2.45, 2.75) is 32.7 Å². The van der Waals surface area contributed by atoms with Gasteiger partial charge in [-0.25, -0.2) is 4.39 Å². The molecular formula is C23H27FN2O4. The molecule has 1 N–H and O–H groups in total. The summed E-state index contributed by atoms with van der Waals surface area (Å²) in [7, 11) is 0. The number of carbonyl (C=O) groups is 2. The third-order valence-corrected chi connectivity index (χ3v) is 4.96. The summed E-state index contributed by atoms with van der Waals surface area (Å²) in [6.45, 7) is 3.75. The SMILES string of the molecule is CCOc1cc(C(=O)NCc2ccccc2F)ccc1OCC(=O)N1CCCCC1. The number of halogens is 1. The summed E-state index contributed by atoms with van der Waals surface area (Å²) in [5.41, 5.74) is 0.775. The Bertz CT molecular complexity index is 881. The monoisotopic (exact) mass is 414 g/mol. The van der Waals surface area contributed by atoms with Crippen LogP contribution in [0.25, 0.3) is 0 Å². The molecule has 0 unspecified atom stereocenters. The molecule has 3 rings (SSSR count). The summed E-state index contributed by atoms with van der Waals surface area (Å²) < 4.78 is 25.0. The van der Waals surface area contributed by atoms with Crippen LogP contribution in [0.2, 0.25) is 0 Å². The molecule has 30 heavy (non-hydrogen) atoms. The first-order valence-corrected chi connectivity index (χ1v) is 10.3. The van der Waals surface area contributed by atoms with E-state index in [9.17, 15) is 14.0 Å². The van der Waals surface area contributed by atoms with Crippen LogP contribution < -0.4 is 14.8 Å². The van der Waals surface area contributed by atoms with Gasteiger partial charge in [-0.2, -0.15) is 0 Å². The number of nitrogens with one attached hydrogen (secondary N) is 1. The maximum absolute atomic E-state index is 13.7. The fourth-order valence-electron chi connectivity index (χ4n) is 3.33. The number of hydrogen-bond acceptors (Lipinski definition) is 4. The van der Waals surface area contributed by atoms with E-state index in [-0.39, 0.29) is 30.8 Å². The predicted octanol–water partition coefficient (Wildman–Crippen LogP) is 3.55. The minimum absolute atomic E-state index is 0.0520. The van der Waals surface area contributed by atoms with Crippen LogP contribution in [0, 0.1) is 5.82 Å². The molecule has 2 aromatic carbocycles. The molecule has 0 spiro atoms. The van der Waals surface area contributed by atoms with E-state index < -0.39 is 0 Å². The second kappa shape index (κ2) is 10.6. The van der Waals surface area contributed by atoms with Crippen molar-refractivity contribution in [3.8, 4) is 11.5 Å². The van der Waals surface area contributed by atoms with Gasteiger partial charge in [-0.15, -0.1) is 0 Å². The molecular weight excluding hydrogens is 387 g/mol. The third-order valence-electron chi connectivity index (χ3n) is 4.96. The smallest absolute Gasteiger partial charge is 0.260 e. The van der Waals surface area contributed by atoms with Crippen molar-refractivity contribution < 1.29 is 23.5 Å². The Morgan fingerprint density at radius 1 is 1.03 bits per heavy atom. The molecule has 2 amide bonds. The van der Waals surface area contributed by atoms with E-state index in [1.807, 2.05) is 11.8 Å². The minimum atomic E-state index is -0.366. The Kier molecular flexibility index (Phi) is 7.65. The number of benzene rings is 2. The van der Waals surface area contributed by atoms with Crippen molar-refractivity contribution in [2.75, 3.05) is 26.3 Å². The maximum atomic E-state index is 13.7. The van der Waals surface area contributed by atoms with Gasteiger partial charge in [0.1, 0.15) is 5.82 Å². The zero-order valence-corrected chi connectivity index (χ0v) is 17.2. The fraction of sp³-hybridized carbons (Fsp3) is 0.391. The summed E-state index contributed by atoms with van der Waals surface area (Å²) in [5, 5.41) is 2.70. The lowest BCUT2D eigenvalue weighted by Gasteiger charge is -2.26. The topological polar surface area (TPSA) is 67.9 Å². The average molecular weight is 414 g/mol. The predicted molar refractivity (Wildman–Crippen MR) is 111 cm³/mol. The van der Waals surface area contributed by atoms with Gasteiger partial charge in [0, 0.05) is 30.8 Å². The highest BCUT2D eigenvalue weighted by Gasteiger charge is 2.18. The van der Waals surface area contributed by atoms with Gasteiger partial charge in [-0.1, -0.05) is 18.2 Å². The molecule has 0 aliphatic carbocycles. The average Bonchev–Trinajstić information content (AvgIpc) is 2.78. The molecule has 160 valence electrons. The lowest BCUT2D eigenvalue weighted by molar-refractivity contribution is -0.134. The van der Waals surface area contributed by atoms with Crippen LogP contribution in [0.3, 0.4) is 0 Å². The Labute approximate surface area is 176 Å². The molecule has 1 fully saturated rings. The lowest BCUT2D eigenvalue weighted by atomic mass is 10.1. The molecule has 7 heteroatoms. The van der Waals surface area contributed by atoms with E-state index in [1.54, 1.807) is 36.4 Å². The number of ether oxygens (including phenoxy) is 2. The fourth-order valence-corrected chi connectivity index (χ4v) is 3.33. The zero-order chi connectivity index (χ0) is 21.3. The van der Waals surface area contributed by atoms with Crippen molar-refractivity contribution in [3.05, 3.63) is 59.4 Å². The molecule has 1 heterocycles. The van der Waals surface area contributed by atoms with Crippen molar-refractivity contribution in [1.29, 1.82) is 0 Å². The van der Waals surface area contributed by atoms with Crippen molar-refractivity contribution in [1.82, 2.24) is 10.2 Å². The first-order valence-electron chi connectivity index (χ1n) is 10.3. The zero-order valence-electron chi connectivity index (χ0n) is 17.2. The van der Waals surface area contributed by atoms with Gasteiger partial charge in [0.2, 0.25) is 0 Å². The number of hydrogen-bond donors (Lipinski definition) is 1. The van der Waals surface area contributed by atoms with Gasteiger partial charge < -0.3 is 19.7 Å². The molecule has 0 atom stereocenters. The van der Waals surface area contributed by atoms with E-state index in [0.29, 0.717) is 29.2 Å². The molecule has 1 saturated heterocycles. The van der Waals surface area contributed by atoms with Crippen LogP contribution >= 0.6 is 0 Å². The molecule has 0 saturated carbocycles. The van der Waals surface area contributed by atoms with Crippen molar-refractivity contribution in [2.24, 2.45) is 0 Å². The van der Waals surface area contributed by atoms with Crippen molar-refractivity contribution >= 4 is 11.8 Å². The first-order chi connectivity index (χ1) is 14.6. The standard InChI is InChI=1S/C23H27FN2O4/c1-2-29-21-14-17(23(28)25-15-18-8-4-5-9-19(18)24)10-11-20(21)30-16-22(27)26-12-6-3-7-13-26/h4-5,8-11,14H,2-3,6-7,12-13,15-16H2,1H3,(H,25,28). The molecule has 0 bridgehead atoms. The summed E-state index contributed by atoms with van der Waals surface area (Å²) in [5.74, 6) is 0.0317. The molecule has 1 aliphatic rings. The highest BCUT2D eigenvalue weighted by Crippen LogP contribution is 2.29. The van der Waals surface area contributed by atoms with Crippen LogP contribution in [0.1, 0.15) is 42.1 Å². The summed E-state index contributed by atoms with van der Waals surface area (Å²) in [6.07, 6.45) is 3.19. The number of piperidine rings is 1. The highest BCUT2D eigenvalue weighted by atomic mass is 19.1. The van der Waals surface area contributed by atoms with Crippen LogP contribution in [0.4, 0.5) is 4.39 Å². The van der Waals surface area contributed by atoms with E-state index in [0.717, 1.165) is 32.4 Å². The maximum Gasteiger partial charge on any atom is 0.260 e. The van der Waals surface area contributed by atoms with Crippen LogP contribution in [0.15, 0.2) is 42.5 Å². The van der Waals surface area contributed by atoms with E-state index in [4.69, 9.17) is 9.47 Å². The number of likely N-dealkylation sites (tertiary alicyclic amines) is 1. The quantitative estimate of drug-likeness (QED) is 0.717. The van der Waals surface area contributed by atoms with E-state index in [2.05, 4.69) is 5.32 Å². The lowest BCUT2D eigenvalue weighted by Crippen LogP contribution is -2.38. The van der Waals surface area contributed by atoms with Gasteiger partial charge in [-0.3, -0.25) is 9.59 Å². The first kappa shape index (κ1) is 21.6.